The molecule has 8 heteroatoms. The molecule has 5 nitrogen and oxygen atoms in total. The number of benzene rings is 1. The Labute approximate surface area is 227 Å². The predicted molar refractivity (Wildman–Crippen MR) is 140 cm³/mol. The third kappa shape index (κ3) is 3.89. The van der Waals surface area contributed by atoms with Gasteiger partial charge in [0.05, 0.1) is 32.3 Å². The van der Waals surface area contributed by atoms with Crippen LogP contribution in [-0.2, 0) is 9.53 Å². The number of likely N-dealkylation sites (tertiary alicyclic amines) is 1. The Bertz CT molecular complexity index is 1290. The van der Waals surface area contributed by atoms with E-state index in [0.29, 0.717) is 12.0 Å². The zero-order chi connectivity index (χ0) is 27.2. The molecule has 7 rings (SSSR count). The topological polar surface area (TPSA) is 58.6 Å². The van der Waals surface area contributed by atoms with Crippen LogP contribution in [0.15, 0.2) is 59.2 Å². The highest BCUT2D eigenvalue weighted by Crippen LogP contribution is 2.67. The highest BCUT2D eigenvalue weighted by molar-refractivity contribution is 5.99. The summed E-state index contributed by atoms with van der Waals surface area (Å²) in [5.41, 5.74) is -1.16. The van der Waals surface area contributed by atoms with Gasteiger partial charge in [0.2, 0.25) is 0 Å². The standard InChI is InChI=1S/C31H35F3N2O3/c1-36(18-20-10-11-20)15-14-29-22-8-5-9-25(29)39-27-26(29)21(17-24(22)36)12-13-30(27,38)35-28(37)23(31(32,33)34)16-19-6-3-2-4-7-19/h2-4,6-7,12-13,16,20,22,24-25,27,38H,5,8-11,14-15,17-18H2,1H3/p+1/t22-,24+,25-,27?,29+,30?,36?/m0/s1. The summed E-state index contributed by atoms with van der Waals surface area (Å²) in [6.45, 7) is 2.26. The van der Waals surface area contributed by atoms with Gasteiger partial charge in [0.25, 0.3) is 5.91 Å². The Kier molecular flexibility index (Phi) is 5.59. The molecule has 39 heavy (non-hydrogen) atoms. The van der Waals surface area contributed by atoms with Gasteiger partial charge in [-0.2, -0.15) is 13.2 Å². The number of ether oxygens (including phenoxy) is 1. The summed E-state index contributed by atoms with van der Waals surface area (Å²) >= 11 is 0. The lowest BCUT2D eigenvalue weighted by atomic mass is 9.50. The average Bonchev–Trinajstić information content (AvgIpc) is 3.63. The number of alkyl halides is 3. The summed E-state index contributed by atoms with van der Waals surface area (Å²) < 4.78 is 49.8. The molecule has 6 aliphatic rings. The van der Waals surface area contributed by atoms with E-state index < -0.39 is 29.5 Å². The fourth-order valence-electron chi connectivity index (χ4n) is 8.80. The second-order valence-electron chi connectivity index (χ2n) is 13.0. The monoisotopic (exact) mass is 541 g/mol. The van der Waals surface area contributed by atoms with Gasteiger partial charge in [-0.3, -0.25) is 4.79 Å². The van der Waals surface area contributed by atoms with Crippen LogP contribution in [0.25, 0.3) is 6.08 Å². The van der Waals surface area contributed by atoms with Gasteiger partial charge >= 0.3 is 6.18 Å². The van der Waals surface area contributed by atoms with Crippen LogP contribution in [0, 0.1) is 17.3 Å². The van der Waals surface area contributed by atoms with E-state index >= 15 is 0 Å². The molecule has 2 N–H and O–H groups in total. The van der Waals surface area contributed by atoms with E-state index in [9.17, 15) is 23.1 Å². The van der Waals surface area contributed by atoms with Crippen molar-refractivity contribution >= 4 is 12.0 Å². The van der Waals surface area contributed by atoms with Crippen molar-refractivity contribution in [2.45, 2.75) is 75.1 Å². The fraction of sp³-hybridized carbons (Fsp3) is 0.581. The van der Waals surface area contributed by atoms with Gasteiger partial charge in [-0.1, -0.05) is 42.8 Å². The molecule has 7 atom stereocenters. The average molecular weight is 542 g/mol. The van der Waals surface area contributed by atoms with Crippen molar-refractivity contribution in [2.24, 2.45) is 17.3 Å². The van der Waals surface area contributed by atoms with Gasteiger partial charge in [-0.25, -0.2) is 0 Å². The van der Waals surface area contributed by atoms with Gasteiger partial charge in [-0.15, -0.1) is 0 Å². The molecule has 4 fully saturated rings. The van der Waals surface area contributed by atoms with Crippen molar-refractivity contribution in [2.75, 3.05) is 20.1 Å². The molecule has 208 valence electrons. The van der Waals surface area contributed by atoms with E-state index in [1.165, 1.54) is 37.6 Å². The lowest BCUT2D eigenvalue weighted by molar-refractivity contribution is -0.947. The summed E-state index contributed by atoms with van der Waals surface area (Å²) in [4.78, 5) is 13.2. The zero-order valence-corrected chi connectivity index (χ0v) is 22.2. The minimum Gasteiger partial charge on any atom is -0.365 e. The number of aliphatic hydroxyl groups is 1. The Hall–Kier alpha value is -2.42. The van der Waals surface area contributed by atoms with Gasteiger partial charge in [-0.05, 0) is 54.5 Å². The molecular formula is C31H36F3N2O3+. The van der Waals surface area contributed by atoms with Crippen molar-refractivity contribution in [3.63, 3.8) is 0 Å². The van der Waals surface area contributed by atoms with Crippen molar-refractivity contribution in [3.8, 4) is 0 Å². The van der Waals surface area contributed by atoms with Crippen LogP contribution in [0.2, 0.25) is 0 Å². The Morgan fingerprint density at radius 2 is 1.97 bits per heavy atom. The lowest BCUT2D eigenvalue weighted by Crippen LogP contribution is -2.69. The first-order chi connectivity index (χ1) is 18.5. The number of rotatable bonds is 5. The second kappa shape index (κ2) is 8.54. The molecule has 1 amide bonds. The molecular weight excluding hydrogens is 505 g/mol. The molecule has 3 unspecified atom stereocenters. The Morgan fingerprint density at radius 1 is 1.21 bits per heavy atom. The van der Waals surface area contributed by atoms with Crippen LogP contribution < -0.4 is 5.32 Å². The maximum absolute atomic E-state index is 14.0. The van der Waals surface area contributed by atoms with Gasteiger partial charge in [0, 0.05) is 30.1 Å². The van der Waals surface area contributed by atoms with Crippen molar-refractivity contribution in [1.82, 2.24) is 5.32 Å². The number of amides is 1. The number of allylic oxidation sites excluding steroid dienone is 1. The molecule has 2 saturated heterocycles. The van der Waals surface area contributed by atoms with E-state index in [4.69, 9.17) is 4.74 Å². The van der Waals surface area contributed by atoms with Gasteiger partial charge < -0.3 is 19.6 Å². The molecule has 2 heterocycles. The molecule has 4 aliphatic carbocycles. The maximum Gasteiger partial charge on any atom is 0.421 e. The van der Waals surface area contributed by atoms with E-state index in [1.807, 2.05) is 6.08 Å². The minimum absolute atomic E-state index is 0.0889. The van der Waals surface area contributed by atoms with Crippen LogP contribution in [0.4, 0.5) is 13.2 Å². The highest BCUT2D eigenvalue weighted by atomic mass is 19.4. The van der Waals surface area contributed by atoms with E-state index in [-0.39, 0.29) is 17.1 Å². The van der Waals surface area contributed by atoms with Crippen LogP contribution in [0.5, 0.6) is 0 Å². The summed E-state index contributed by atoms with van der Waals surface area (Å²) in [5.74, 6) is -0.117. The first kappa shape index (κ1) is 25.5. The molecule has 0 radical (unpaired) electrons. The van der Waals surface area contributed by atoms with Gasteiger partial charge in [0.15, 0.2) is 5.72 Å². The molecule has 1 aromatic carbocycles. The molecule has 2 saturated carbocycles. The smallest absolute Gasteiger partial charge is 0.365 e. The molecule has 1 spiro atoms. The molecule has 1 aromatic rings. The van der Waals surface area contributed by atoms with Crippen molar-refractivity contribution < 1.29 is 32.3 Å². The summed E-state index contributed by atoms with van der Waals surface area (Å²) in [6.07, 6.45) is 5.80. The maximum atomic E-state index is 14.0. The number of piperidine rings is 1. The minimum atomic E-state index is -4.89. The Morgan fingerprint density at radius 3 is 2.69 bits per heavy atom. The number of halogens is 3. The normalized spacial score (nSPS) is 40.9. The predicted octanol–water partition coefficient (Wildman–Crippen LogP) is 4.89. The number of nitrogens with zero attached hydrogens (tertiary/aromatic N) is 1. The number of carbonyl (C=O) groups excluding carboxylic acids is 1. The molecule has 2 bridgehead atoms. The summed E-state index contributed by atoms with van der Waals surface area (Å²) in [6, 6.07) is 8.42. The number of quaternary nitrogens is 1. The van der Waals surface area contributed by atoms with Gasteiger partial charge in [0.1, 0.15) is 11.7 Å². The lowest BCUT2D eigenvalue weighted by Gasteiger charge is -2.61. The number of nitrogens with one attached hydrogen (secondary N) is 1. The van der Waals surface area contributed by atoms with Crippen LogP contribution >= 0.6 is 0 Å². The second-order valence-corrected chi connectivity index (χ2v) is 13.0. The fourth-order valence-corrected chi connectivity index (χ4v) is 8.80. The first-order valence-electron chi connectivity index (χ1n) is 14.3. The summed E-state index contributed by atoms with van der Waals surface area (Å²) in [5, 5.41) is 14.2. The van der Waals surface area contributed by atoms with Crippen LogP contribution in [-0.4, -0.2) is 65.8 Å². The van der Waals surface area contributed by atoms with E-state index in [2.05, 4.69) is 12.4 Å². The van der Waals surface area contributed by atoms with Crippen LogP contribution in [0.1, 0.15) is 50.5 Å². The SMILES string of the molecule is C[N+]1(CC2CC2)CC[C@]23C4=C5C=CC(O)(NC(=O)C(=Cc6ccccc6)C(F)(F)F)C4O[C@H]2CCC[C@H]3[C@H]1C5. The van der Waals surface area contributed by atoms with Crippen molar-refractivity contribution in [3.05, 3.63) is 64.8 Å². The third-order valence-corrected chi connectivity index (χ3v) is 10.6. The third-order valence-electron chi connectivity index (χ3n) is 10.6. The molecule has 0 aromatic heterocycles. The highest BCUT2D eigenvalue weighted by Gasteiger charge is 2.70. The quantitative estimate of drug-likeness (QED) is 0.317. The largest absolute Gasteiger partial charge is 0.421 e. The Balaban J connectivity index is 1.23. The molecule has 2 aliphatic heterocycles. The number of carbonyl (C=O) groups is 1. The van der Waals surface area contributed by atoms with E-state index in [0.717, 1.165) is 66.3 Å². The van der Waals surface area contributed by atoms with E-state index in [1.54, 1.807) is 18.2 Å². The zero-order valence-electron chi connectivity index (χ0n) is 22.2. The van der Waals surface area contributed by atoms with Crippen LogP contribution in [0.3, 0.4) is 0 Å². The number of hydrogen-bond donors (Lipinski definition) is 2. The number of hydrogen-bond acceptors (Lipinski definition) is 3. The van der Waals surface area contributed by atoms with Crippen molar-refractivity contribution in [1.29, 1.82) is 0 Å². The summed E-state index contributed by atoms with van der Waals surface area (Å²) in [7, 11) is 2.42. The first-order valence-corrected chi connectivity index (χ1v) is 14.3.